The summed E-state index contributed by atoms with van der Waals surface area (Å²) in [5.74, 6) is 1.11. The number of aromatic nitrogens is 5. The number of thiazole rings is 1. The molecule has 0 saturated carbocycles. The Labute approximate surface area is 163 Å². The number of rotatable bonds is 3. The summed E-state index contributed by atoms with van der Waals surface area (Å²) in [6.45, 7) is 5.95. The van der Waals surface area contributed by atoms with E-state index in [4.69, 9.17) is 4.52 Å². The fourth-order valence-electron chi connectivity index (χ4n) is 3.05. The quantitative estimate of drug-likeness (QED) is 0.422. The van der Waals surface area contributed by atoms with Gasteiger partial charge in [0.2, 0.25) is 5.82 Å². The molecule has 0 saturated heterocycles. The third-order valence-corrected chi connectivity index (χ3v) is 6.46. The predicted octanol–water partition coefficient (Wildman–Crippen LogP) is 5.19. The predicted molar refractivity (Wildman–Crippen MR) is 108 cm³/mol. The first-order chi connectivity index (χ1) is 13.1. The minimum atomic E-state index is 0.520. The van der Waals surface area contributed by atoms with Crippen LogP contribution in [0.2, 0.25) is 0 Å². The molecule has 5 rings (SSSR count). The summed E-state index contributed by atoms with van der Waals surface area (Å²) >= 11 is 3.18. The smallest absolute Gasteiger partial charge is 0.270 e. The van der Waals surface area contributed by atoms with Crippen molar-refractivity contribution in [1.29, 1.82) is 0 Å². The number of thiophene rings is 1. The number of para-hydroxylation sites is 1. The van der Waals surface area contributed by atoms with Gasteiger partial charge in [0.05, 0.1) is 27.0 Å². The van der Waals surface area contributed by atoms with E-state index in [1.54, 1.807) is 22.7 Å². The second-order valence-electron chi connectivity index (χ2n) is 6.23. The molecule has 4 heterocycles. The van der Waals surface area contributed by atoms with Crippen LogP contribution in [0.1, 0.15) is 16.4 Å². The van der Waals surface area contributed by atoms with Gasteiger partial charge in [0.15, 0.2) is 0 Å². The highest BCUT2D eigenvalue weighted by Crippen LogP contribution is 2.36. The van der Waals surface area contributed by atoms with Gasteiger partial charge in [-0.05, 0) is 39.0 Å². The first-order valence-corrected chi connectivity index (χ1v) is 10.1. The molecule has 0 aliphatic rings. The molecule has 0 fully saturated rings. The van der Waals surface area contributed by atoms with Crippen LogP contribution in [0.25, 0.3) is 37.4 Å². The fraction of sp³-hybridized carbons (Fsp3) is 0.158. The summed E-state index contributed by atoms with van der Waals surface area (Å²) in [4.78, 5) is 12.0. The van der Waals surface area contributed by atoms with Crippen molar-refractivity contribution >= 4 is 32.9 Å². The molecule has 1 aromatic carbocycles. The molecule has 0 atom stereocenters. The zero-order chi connectivity index (χ0) is 18.5. The average Bonchev–Trinajstić information content (AvgIpc) is 3.41. The third kappa shape index (κ3) is 2.68. The van der Waals surface area contributed by atoms with Crippen LogP contribution in [-0.2, 0) is 0 Å². The van der Waals surface area contributed by atoms with Gasteiger partial charge in [0.1, 0.15) is 9.71 Å². The van der Waals surface area contributed by atoms with Crippen molar-refractivity contribution in [2.75, 3.05) is 0 Å². The van der Waals surface area contributed by atoms with Crippen LogP contribution >= 0.6 is 22.7 Å². The van der Waals surface area contributed by atoms with Crippen LogP contribution in [0.3, 0.4) is 0 Å². The highest BCUT2D eigenvalue weighted by Gasteiger charge is 2.20. The lowest BCUT2D eigenvalue weighted by Gasteiger charge is -2.00. The van der Waals surface area contributed by atoms with Crippen LogP contribution in [0.5, 0.6) is 0 Å². The Bertz CT molecular complexity index is 1260. The molecule has 8 heteroatoms. The van der Waals surface area contributed by atoms with Gasteiger partial charge in [-0.15, -0.1) is 22.7 Å². The van der Waals surface area contributed by atoms with Crippen molar-refractivity contribution in [1.82, 2.24) is 24.9 Å². The lowest BCUT2D eigenvalue weighted by atomic mass is 10.3. The summed E-state index contributed by atoms with van der Waals surface area (Å²) < 4.78 is 7.48. The molecule has 27 heavy (non-hydrogen) atoms. The van der Waals surface area contributed by atoms with Crippen LogP contribution in [0.15, 0.2) is 40.9 Å². The monoisotopic (exact) mass is 393 g/mol. The van der Waals surface area contributed by atoms with Gasteiger partial charge >= 0.3 is 0 Å². The van der Waals surface area contributed by atoms with E-state index in [2.05, 4.69) is 26.3 Å². The molecule has 134 valence electrons. The molecule has 4 aromatic heterocycles. The minimum absolute atomic E-state index is 0.520. The Morgan fingerprint density at radius 1 is 0.963 bits per heavy atom. The number of fused-ring (bicyclic) bond motifs is 1. The maximum absolute atomic E-state index is 5.51. The summed E-state index contributed by atoms with van der Waals surface area (Å²) in [5.41, 5.74) is 2.93. The molecule has 0 unspecified atom stereocenters. The highest BCUT2D eigenvalue weighted by atomic mass is 32.1. The maximum Gasteiger partial charge on any atom is 0.270 e. The van der Waals surface area contributed by atoms with Crippen molar-refractivity contribution < 1.29 is 4.52 Å². The van der Waals surface area contributed by atoms with Gasteiger partial charge < -0.3 is 4.52 Å². The first-order valence-electron chi connectivity index (χ1n) is 8.43. The lowest BCUT2D eigenvalue weighted by Crippen LogP contribution is -1.94. The van der Waals surface area contributed by atoms with Crippen molar-refractivity contribution in [3.8, 4) is 27.2 Å². The van der Waals surface area contributed by atoms with E-state index in [-0.39, 0.29) is 0 Å². The van der Waals surface area contributed by atoms with Crippen LogP contribution < -0.4 is 0 Å². The number of nitrogens with zero attached hydrogens (tertiary/aromatic N) is 5. The normalized spacial score (nSPS) is 11.5. The molecule has 0 aliphatic heterocycles. The Kier molecular flexibility index (Phi) is 3.70. The Morgan fingerprint density at radius 3 is 2.52 bits per heavy atom. The molecule has 6 nitrogen and oxygen atoms in total. The van der Waals surface area contributed by atoms with E-state index in [1.165, 1.54) is 0 Å². The number of hydrogen-bond acceptors (Lipinski definition) is 7. The minimum Gasteiger partial charge on any atom is -0.333 e. The van der Waals surface area contributed by atoms with E-state index in [0.29, 0.717) is 11.7 Å². The molecule has 0 aliphatic carbocycles. The second kappa shape index (κ2) is 6.11. The molecule has 0 radical (unpaired) electrons. The fourth-order valence-corrected chi connectivity index (χ4v) is 5.00. The van der Waals surface area contributed by atoms with Crippen molar-refractivity contribution in [3.05, 3.63) is 52.8 Å². The zero-order valence-corrected chi connectivity index (χ0v) is 16.6. The van der Waals surface area contributed by atoms with E-state index in [9.17, 15) is 0 Å². The summed E-state index contributed by atoms with van der Waals surface area (Å²) in [7, 11) is 0. The first kappa shape index (κ1) is 16.3. The van der Waals surface area contributed by atoms with Gasteiger partial charge in [0, 0.05) is 5.39 Å². The maximum atomic E-state index is 5.51. The van der Waals surface area contributed by atoms with Crippen LogP contribution in [0.4, 0.5) is 0 Å². The summed E-state index contributed by atoms with van der Waals surface area (Å²) in [6.07, 6.45) is 0. The highest BCUT2D eigenvalue weighted by molar-refractivity contribution is 7.21. The molecule has 0 spiro atoms. The molecular formula is C19H15N5OS2. The molecule has 0 bridgehead atoms. The second-order valence-corrected chi connectivity index (χ2v) is 8.47. The average molecular weight is 393 g/mol. The Morgan fingerprint density at radius 2 is 1.78 bits per heavy atom. The van der Waals surface area contributed by atoms with E-state index < -0.39 is 0 Å². The van der Waals surface area contributed by atoms with E-state index in [0.717, 1.165) is 42.1 Å². The van der Waals surface area contributed by atoms with Gasteiger partial charge in [-0.2, -0.15) is 10.1 Å². The van der Waals surface area contributed by atoms with Gasteiger partial charge in [-0.3, -0.25) is 0 Å². The standard InChI is InChI=1S/C19H15N5OS2/c1-10-14-9-15(27-19(14)24(22-10)13-7-5-4-6-8-13)17-21-18(25-23-17)16-11(2)20-12(3)26-16/h4-9H,1-3H3. The molecule has 0 N–H and O–H groups in total. The molecule has 0 amide bonds. The van der Waals surface area contributed by atoms with Crippen molar-refractivity contribution in [3.63, 3.8) is 0 Å². The van der Waals surface area contributed by atoms with Crippen LogP contribution in [0, 0.1) is 20.8 Å². The summed E-state index contributed by atoms with van der Waals surface area (Å²) in [5, 5.41) is 11.0. The number of hydrogen-bond donors (Lipinski definition) is 0. The molecular weight excluding hydrogens is 378 g/mol. The van der Waals surface area contributed by atoms with E-state index >= 15 is 0 Å². The van der Waals surface area contributed by atoms with Gasteiger partial charge in [-0.25, -0.2) is 9.67 Å². The SMILES string of the molecule is Cc1nc(C)c(-c2nc(-c3cc4c(C)nn(-c5ccccc5)c4s3)no2)s1. The molecule has 5 aromatic rings. The van der Waals surface area contributed by atoms with Crippen molar-refractivity contribution in [2.45, 2.75) is 20.8 Å². The third-order valence-electron chi connectivity index (χ3n) is 4.29. The summed E-state index contributed by atoms with van der Waals surface area (Å²) in [6, 6.07) is 12.2. The van der Waals surface area contributed by atoms with Gasteiger partial charge in [0.25, 0.3) is 5.89 Å². The van der Waals surface area contributed by atoms with E-state index in [1.807, 2.05) is 55.8 Å². The topological polar surface area (TPSA) is 69.6 Å². The lowest BCUT2D eigenvalue weighted by molar-refractivity contribution is 0.433. The van der Waals surface area contributed by atoms with Crippen LogP contribution in [-0.4, -0.2) is 24.9 Å². The zero-order valence-electron chi connectivity index (χ0n) is 14.9. The Balaban J connectivity index is 1.60. The van der Waals surface area contributed by atoms with Crippen molar-refractivity contribution in [2.24, 2.45) is 0 Å². The Hall–Kier alpha value is -2.84. The van der Waals surface area contributed by atoms with Gasteiger partial charge in [-0.1, -0.05) is 23.4 Å². The number of aryl methyl sites for hydroxylation is 3. The number of benzene rings is 1. The largest absolute Gasteiger partial charge is 0.333 e.